The van der Waals surface area contributed by atoms with Crippen LogP contribution >= 0.6 is 0 Å². The molecule has 0 aromatic rings. The van der Waals surface area contributed by atoms with Gasteiger partial charge in [-0.2, -0.15) is 0 Å². The molecule has 0 bridgehead atoms. The zero-order valence-electron chi connectivity index (χ0n) is 9.27. The van der Waals surface area contributed by atoms with Crippen LogP contribution in [0.5, 0.6) is 0 Å². The molecule has 0 atom stereocenters. The number of quaternary nitrogens is 1. The summed E-state index contributed by atoms with van der Waals surface area (Å²) in [6, 6.07) is 0. The van der Waals surface area contributed by atoms with Crippen molar-refractivity contribution >= 4 is 5.71 Å². The van der Waals surface area contributed by atoms with E-state index in [2.05, 4.69) is 53.9 Å². The summed E-state index contributed by atoms with van der Waals surface area (Å²) in [7, 11) is 6.19. The molecule has 2 nitrogen and oxygen atoms in total. The highest BCUT2D eigenvalue weighted by Gasteiger charge is 2.18. The highest BCUT2D eigenvalue weighted by molar-refractivity contribution is 5.86. The molecule has 0 amide bonds. The third kappa shape index (κ3) is 7.03. The maximum atomic E-state index is 4.53. The first-order valence-corrected chi connectivity index (χ1v) is 4.02. The Labute approximate surface area is 93.6 Å². The van der Waals surface area contributed by atoms with Crippen molar-refractivity contribution in [2.75, 3.05) is 21.1 Å². The second-order valence-corrected chi connectivity index (χ2v) is 4.88. The normalized spacial score (nSPS) is 14.1. The fourth-order valence-electron chi connectivity index (χ4n) is 0.600. The van der Waals surface area contributed by atoms with Crippen LogP contribution in [0.4, 0.5) is 0 Å². The van der Waals surface area contributed by atoms with Crippen molar-refractivity contribution in [2.24, 2.45) is 10.5 Å². The molecule has 0 aliphatic rings. The number of rotatable bonds is 1. The smallest absolute Gasteiger partial charge is 0.0923 e. The number of hydrogen-bond donors (Lipinski definition) is 0. The Hall–Kier alpha value is 0.360. The van der Waals surface area contributed by atoms with Crippen molar-refractivity contribution < 1.29 is 28.6 Å². The molecule has 0 radical (unpaired) electrons. The second-order valence-electron chi connectivity index (χ2n) is 4.88. The maximum absolute atomic E-state index is 4.53. The molecule has 0 aromatic carbocycles. The van der Waals surface area contributed by atoms with Crippen LogP contribution in [0.2, 0.25) is 0 Å². The average Bonchev–Trinajstić information content (AvgIpc) is 1.56. The largest absolute Gasteiger partial charge is 1.00 e. The van der Waals surface area contributed by atoms with E-state index in [-0.39, 0.29) is 29.4 Å². The van der Waals surface area contributed by atoms with Crippen LogP contribution in [0, 0.1) is 5.41 Å². The molecular weight excluding hydrogens is 263 g/mol. The van der Waals surface area contributed by atoms with Crippen molar-refractivity contribution in [1.29, 1.82) is 0 Å². The summed E-state index contributed by atoms with van der Waals surface area (Å²) in [4.78, 5) is 0. The molecule has 12 heavy (non-hydrogen) atoms. The van der Waals surface area contributed by atoms with Gasteiger partial charge in [-0.3, -0.25) is 0 Å². The predicted octanol–water partition coefficient (Wildman–Crippen LogP) is -0.881. The Balaban J connectivity index is 0. The molecular formula is C9H21IN2. The van der Waals surface area contributed by atoms with Gasteiger partial charge in [0.2, 0.25) is 0 Å². The summed E-state index contributed by atoms with van der Waals surface area (Å²) in [5, 5.41) is 4.53. The van der Waals surface area contributed by atoms with Gasteiger partial charge in [-0.15, -0.1) is 0 Å². The number of hydrogen-bond acceptors (Lipinski definition) is 1. The lowest BCUT2D eigenvalue weighted by Gasteiger charge is -2.22. The molecule has 0 heterocycles. The Morgan fingerprint density at radius 2 is 1.42 bits per heavy atom. The van der Waals surface area contributed by atoms with E-state index < -0.39 is 0 Å². The summed E-state index contributed by atoms with van der Waals surface area (Å²) in [5.74, 6) is 0. The minimum Gasteiger partial charge on any atom is -1.00 e. The van der Waals surface area contributed by atoms with E-state index in [1.54, 1.807) is 0 Å². The van der Waals surface area contributed by atoms with E-state index in [0.29, 0.717) is 4.59 Å². The Morgan fingerprint density at radius 3 is 1.50 bits per heavy atom. The molecule has 0 N–H and O–H groups in total. The van der Waals surface area contributed by atoms with E-state index >= 15 is 0 Å². The third-order valence-electron chi connectivity index (χ3n) is 1.54. The van der Waals surface area contributed by atoms with Gasteiger partial charge in [0.1, 0.15) is 0 Å². The standard InChI is InChI=1S/C9H21N2.HI/c1-8(9(2,3)4)10-11(5,6)7;/h1-7H3;1H/q+1;/p-1/b10-8+;. The van der Waals surface area contributed by atoms with Gasteiger partial charge < -0.3 is 24.0 Å². The van der Waals surface area contributed by atoms with Crippen LogP contribution < -0.4 is 24.0 Å². The molecule has 0 aliphatic heterocycles. The quantitative estimate of drug-likeness (QED) is 0.257. The van der Waals surface area contributed by atoms with Crippen molar-refractivity contribution in [3.8, 4) is 0 Å². The molecule has 0 saturated heterocycles. The van der Waals surface area contributed by atoms with Gasteiger partial charge in [0.05, 0.1) is 26.9 Å². The summed E-state index contributed by atoms with van der Waals surface area (Å²) in [6.07, 6.45) is 0. The molecule has 0 spiro atoms. The number of nitrogens with zero attached hydrogens (tertiary/aromatic N) is 2. The van der Waals surface area contributed by atoms with Crippen LogP contribution in [0.15, 0.2) is 5.10 Å². The van der Waals surface area contributed by atoms with Crippen molar-refractivity contribution in [1.82, 2.24) is 0 Å². The maximum Gasteiger partial charge on any atom is 0.0923 e. The average molecular weight is 284 g/mol. The van der Waals surface area contributed by atoms with Crippen LogP contribution in [0.1, 0.15) is 27.7 Å². The van der Waals surface area contributed by atoms with E-state index in [9.17, 15) is 0 Å². The van der Waals surface area contributed by atoms with Crippen LogP contribution in [-0.4, -0.2) is 31.4 Å². The monoisotopic (exact) mass is 284 g/mol. The Morgan fingerprint density at radius 1 is 1.08 bits per heavy atom. The van der Waals surface area contributed by atoms with Gasteiger partial charge in [-0.1, -0.05) is 25.9 Å². The Kier molecular flexibility index (Phi) is 5.64. The first-order chi connectivity index (χ1) is 4.63. The summed E-state index contributed by atoms with van der Waals surface area (Å²) in [5.41, 5.74) is 1.40. The van der Waals surface area contributed by atoms with Crippen molar-refractivity contribution in [3.63, 3.8) is 0 Å². The van der Waals surface area contributed by atoms with E-state index in [1.807, 2.05) is 0 Å². The number of halogens is 1. The molecule has 0 unspecified atom stereocenters. The molecule has 0 saturated carbocycles. The molecule has 0 fully saturated rings. The summed E-state index contributed by atoms with van der Waals surface area (Å²) >= 11 is 0. The first-order valence-electron chi connectivity index (χ1n) is 4.02. The van der Waals surface area contributed by atoms with Gasteiger partial charge in [0, 0.05) is 5.41 Å². The lowest BCUT2D eigenvalue weighted by atomic mass is 9.91. The van der Waals surface area contributed by atoms with Gasteiger partial charge in [-0.05, 0) is 6.92 Å². The molecule has 0 aliphatic carbocycles. The van der Waals surface area contributed by atoms with E-state index in [4.69, 9.17) is 0 Å². The van der Waals surface area contributed by atoms with E-state index in [1.165, 1.54) is 5.71 Å². The lowest BCUT2D eigenvalue weighted by molar-refractivity contribution is -0.877. The Bertz CT molecular complexity index is 160. The van der Waals surface area contributed by atoms with E-state index in [0.717, 1.165) is 0 Å². The first kappa shape index (κ1) is 14.9. The van der Waals surface area contributed by atoms with Crippen LogP contribution in [0.3, 0.4) is 0 Å². The van der Waals surface area contributed by atoms with Crippen molar-refractivity contribution in [3.05, 3.63) is 0 Å². The zero-order chi connectivity index (χ0) is 9.28. The minimum atomic E-state index is 0. The lowest BCUT2D eigenvalue weighted by Crippen LogP contribution is -3.00. The molecule has 74 valence electrons. The predicted molar refractivity (Wildman–Crippen MR) is 50.6 cm³/mol. The third-order valence-corrected chi connectivity index (χ3v) is 1.54. The second kappa shape index (κ2) is 4.56. The van der Waals surface area contributed by atoms with Gasteiger partial charge in [-0.25, -0.2) is 4.59 Å². The zero-order valence-corrected chi connectivity index (χ0v) is 11.4. The van der Waals surface area contributed by atoms with Gasteiger partial charge >= 0.3 is 0 Å². The molecule has 0 rings (SSSR count). The molecule has 0 aromatic heterocycles. The van der Waals surface area contributed by atoms with Crippen molar-refractivity contribution in [2.45, 2.75) is 27.7 Å². The minimum absolute atomic E-state index is 0. The summed E-state index contributed by atoms with van der Waals surface area (Å²) in [6.45, 7) is 8.63. The fourth-order valence-corrected chi connectivity index (χ4v) is 0.600. The topological polar surface area (TPSA) is 12.4 Å². The molecule has 3 heteroatoms. The van der Waals surface area contributed by atoms with Crippen LogP contribution in [-0.2, 0) is 0 Å². The summed E-state index contributed by atoms with van der Waals surface area (Å²) < 4.78 is 0.656. The van der Waals surface area contributed by atoms with Gasteiger partial charge in [0.15, 0.2) is 0 Å². The highest BCUT2D eigenvalue weighted by Crippen LogP contribution is 2.16. The van der Waals surface area contributed by atoms with Crippen LogP contribution in [0.25, 0.3) is 0 Å². The SMILES string of the molecule is C/C(=N\[N+](C)(C)C)C(C)(C)C.[I-]. The highest BCUT2D eigenvalue weighted by atomic mass is 127. The van der Waals surface area contributed by atoms with Gasteiger partial charge in [0.25, 0.3) is 0 Å². The fraction of sp³-hybridized carbons (Fsp3) is 0.889.